The van der Waals surface area contributed by atoms with Gasteiger partial charge in [-0.2, -0.15) is 0 Å². The van der Waals surface area contributed by atoms with Crippen molar-refractivity contribution in [2.24, 2.45) is 0 Å². The van der Waals surface area contributed by atoms with Crippen molar-refractivity contribution in [1.82, 2.24) is 0 Å². The van der Waals surface area contributed by atoms with E-state index in [0.717, 1.165) is 6.42 Å². The van der Waals surface area contributed by atoms with Crippen LogP contribution in [-0.4, -0.2) is 36.4 Å². The molecule has 0 amide bonds. The highest BCUT2D eigenvalue weighted by Crippen LogP contribution is 2.61. The zero-order valence-electron chi connectivity index (χ0n) is 12.8. The Balaban J connectivity index is 0. The summed E-state index contributed by atoms with van der Waals surface area (Å²) in [4.78, 5) is 0. The molecule has 0 spiro atoms. The Hall–Kier alpha value is 0.870. The van der Waals surface area contributed by atoms with E-state index in [1.165, 1.54) is 63.2 Å². The molecule has 0 aromatic carbocycles. The molecule has 0 bridgehead atoms. The molecule has 0 atom stereocenters. The lowest BCUT2D eigenvalue weighted by Gasteiger charge is -2.27. The maximum Gasteiger partial charge on any atom is 0.0616 e. The quantitative estimate of drug-likeness (QED) is 0.537. The highest BCUT2D eigenvalue weighted by atomic mass is 79.9. The van der Waals surface area contributed by atoms with E-state index in [4.69, 9.17) is 5.11 Å². The van der Waals surface area contributed by atoms with E-state index in [9.17, 15) is 0 Å². The first kappa shape index (κ1) is 21.2. The topological polar surface area (TPSA) is 20.2 Å². The maximum atomic E-state index is 9.12. The SMILES string of the molecule is CCCC[P+](CCCC)(CCCC)CCCO.[Br-]. The van der Waals surface area contributed by atoms with Gasteiger partial charge in [0.15, 0.2) is 0 Å². The minimum absolute atomic E-state index is 0. The molecule has 0 aliphatic heterocycles. The van der Waals surface area contributed by atoms with Gasteiger partial charge in [-0.15, -0.1) is 0 Å². The minimum atomic E-state index is -0.722. The molecule has 1 nitrogen and oxygen atoms in total. The number of aliphatic hydroxyl groups is 1. The lowest BCUT2D eigenvalue weighted by molar-refractivity contribution is -0.00000501. The summed E-state index contributed by atoms with van der Waals surface area (Å²) in [5.41, 5.74) is 0. The van der Waals surface area contributed by atoms with E-state index in [1.807, 2.05) is 0 Å². The summed E-state index contributed by atoms with van der Waals surface area (Å²) in [7, 11) is -0.722. The van der Waals surface area contributed by atoms with E-state index in [1.54, 1.807) is 0 Å². The lowest BCUT2D eigenvalue weighted by atomic mass is 10.4. The molecule has 0 unspecified atom stereocenters. The van der Waals surface area contributed by atoms with Crippen LogP contribution in [0.25, 0.3) is 0 Å². The fourth-order valence-corrected chi connectivity index (χ4v) is 7.67. The van der Waals surface area contributed by atoms with Gasteiger partial charge in [-0.05, 0) is 19.3 Å². The first-order chi connectivity index (χ1) is 8.24. The van der Waals surface area contributed by atoms with Crippen molar-refractivity contribution in [2.75, 3.05) is 31.3 Å². The Labute approximate surface area is 126 Å². The third-order valence-corrected chi connectivity index (χ3v) is 8.81. The molecule has 1 N–H and O–H groups in total. The molecule has 112 valence electrons. The highest BCUT2D eigenvalue weighted by Gasteiger charge is 2.34. The van der Waals surface area contributed by atoms with Gasteiger partial charge in [-0.25, -0.2) is 0 Å². The smallest absolute Gasteiger partial charge is 0.0616 e. The Bertz CT molecular complexity index is 127. The van der Waals surface area contributed by atoms with Crippen molar-refractivity contribution in [2.45, 2.75) is 65.7 Å². The summed E-state index contributed by atoms with van der Waals surface area (Å²) in [5, 5.41) is 9.12. The van der Waals surface area contributed by atoms with Gasteiger partial charge in [-0.1, -0.05) is 40.0 Å². The zero-order valence-corrected chi connectivity index (χ0v) is 15.2. The Morgan fingerprint density at radius 1 is 0.667 bits per heavy atom. The molecule has 0 aliphatic carbocycles. The van der Waals surface area contributed by atoms with Crippen LogP contribution in [-0.2, 0) is 0 Å². The monoisotopic (exact) mass is 340 g/mol. The van der Waals surface area contributed by atoms with E-state index in [0.29, 0.717) is 6.61 Å². The van der Waals surface area contributed by atoms with Crippen LogP contribution in [0.15, 0.2) is 0 Å². The number of halogens is 1. The zero-order chi connectivity index (χ0) is 13.0. The van der Waals surface area contributed by atoms with Gasteiger partial charge in [0.1, 0.15) is 0 Å². The summed E-state index contributed by atoms with van der Waals surface area (Å²) >= 11 is 0. The number of hydrogen-bond acceptors (Lipinski definition) is 1. The molecule has 0 aliphatic rings. The number of unbranched alkanes of at least 4 members (excludes halogenated alkanes) is 3. The van der Waals surface area contributed by atoms with Crippen LogP contribution in [0.3, 0.4) is 0 Å². The molecule has 0 heterocycles. The second-order valence-corrected chi connectivity index (χ2v) is 9.85. The number of aliphatic hydroxyl groups excluding tert-OH is 1. The number of hydrogen-bond donors (Lipinski definition) is 1. The molecular formula is C15H34BrOP. The van der Waals surface area contributed by atoms with Crippen LogP contribution in [0.5, 0.6) is 0 Å². The van der Waals surface area contributed by atoms with Crippen molar-refractivity contribution in [3.63, 3.8) is 0 Å². The van der Waals surface area contributed by atoms with Crippen LogP contribution in [0, 0.1) is 0 Å². The Morgan fingerprint density at radius 2 is 1.00 bits per heavy atom. The molecule has 3 heteroatoms. The third kappa shape index (κ3) is 9.75. The van der Waals surface area contributed by atoms with Gasteiger partial charge in [0, 0.05) is 20.3 Å². The van der Waals surface area contributed by atoms with Gasteiger partial charge < -0.3 is 22.1 Å². The summed E-state index contributed by atoms with van der Waals surface area (Å²) in [6, 6.07) is 0. The van der Waals surface area contributed by atoms with Crippen LogP contribution >= 0.6 is 7.26 Å². The van der Waals surface area contributed by atoms with Gasteiger partial charge in [0.05, 0.1) is 24.6 Å². The lowest BCUT2D eigenvalue weighted by Crippen LogP contribution is -3.00. The van der Waals surface area contributed by atoms with Crippen LogP contribution in [0.4, 0.5) is 0 Å². The predicted octanol–water partition coefficient (Wildman–Crippen LogP) is 1.79. The third-order valence-electron chi connectivity index (χ3n) is 3.75. The Morgan fingerprint density at radius 3 is 1.28 bits per heavy atom. The molecule has 0 rings (SSSR count). The normalized spacial score (nSPS) is 11.3. The van der Waals surface area contributed by atoms with E-state index >= 15 is 0 Å². The van der Waals surface area contributed by atoms with Gasteiger partial charge in [-0.3, -0.25) is 0 Å². The van der Waals surface area contributed by atoms with Gasteiger partial charge in [0.2, 0.25) is 0 Å². The summed E-state index contributed by atoms with van der Waals surface area (Å²) in [5.74, 6) is 0. The standard InChI is InChI=1S/C15H34OP.BrH/c1-4-7-12-17(13-8-5-2,14-9-6-3)15-10-11-16;/h16H,4-15H2,1-3H3;1H/q+1;/p-1. The molecule has 0 fully saturated rings. The predicted molar refractivity (Wildman–Crippen MR) is 82.8 cm³/mol. The molecule has 0 aromatic rings. The average Bonchev–Trinajstić information content (AvgIpc) is 2.37. The molecule has 0 saturated heterocycles. The summed E-state index contributed by atoms with van der Waals surface area (Å²) in [6.45, 7) is 7.31. The second-order valence-electron chi connectivity index (χ2n) is 5.37. The van der Waals surface area contributed by atoms with E-state index < -0.39 is 7.26 Å². The van der Waals surface area contributed by atoms with E-state index in [2.05, 4.69) is 20.8 Å². The van der Waals surface area contributed by atoms with Gasteiger partial charge >= 0.3 is 0 Å². The summed E-state index contributed by atoms with van der Waals surface area (Å²) < 4.78 is 0. The molecule has 0 radical (unpaired) electrons. The van der Waals surface area contributed by atoms with Crippen molar-refractivity contribution in [3.05, 3.63) is 0 Å². The highest BCUT2D eigenvalue weighted by molar-refractivity contribution is 7.75. The molecule has 18 heavy (non-hydrogen) atoms. The first-order valence-electron chi connectivity index (χ1n) is 7.70. The molecule has 0 saturated carbocycles. The average molecular weight is 341 g/mol. The summed E-state index contributed by atoms with van der Waals surface area (Å²) in [6.07, 6.45) is 15.1. The van der Waals surface area contributed by atoms with Crippen LogP contribution in [0.1, 0.15) is 65.7 Å². The van der Waals surface area contributed by atoms with Crippen molar-refractivity contribution < 1.29 is 22.1 Å². The van der Waals surface area contributed by atoms with Crippen molar-refractivity contribution >= 4 is 7.26 Å². The van der Waals surface area contributed by atoms with Crippen LogP contribution in [0.2, 0.25) is 0 Å². The van der Waals surface area contributed by atoms with Crippen molar-refractivity contribution in [3.8, 4) is 0 Å². The van der Waals surface area contributed by atoms with E-state index in [-0.39, 0.29) is 17.0 Å². The van der Waals surface area contributed by atoms with Crippen molar-refractivity contribution in [1.29, 1.82) is 0 Å². The minimum Gasteiger partial charge on any atom is -1.00 e. The first-order valence-corrected chi connectivity index (χ1v) is 10.2. The fourth-order valence-electron chi connectivity index (χ4n) is 2.56. The van der Waals surface area contributed by atoms with Crippen LogP contribution < -0.4 is 17.0 Å². The number of rotatable bonds is 12. The fraction of sp³-hybridized carbons (Fsp3) is 1.00. The molecule has 0 aromatic heterocycles. The largest absolute Gasteiger partial charge is 1.00 e. The van der Waals surface area contributed by atoms with Gasteiger partial charge in [0.25, 0.3) is 0 Å². The maximum absolute atomic E-state index is 9.12. The Kier molecular flexibility index (Phi) is 16.8. The second kappa shape index (κ2) is 14.3. The molecular weight excluding hydrogens is 307 g/mol.